The lowest BCUT2D eigenvalue weighted by molar-refractivity contribution is 0.169. The van der Waals surface area contributed by atoms with Crippen molar-refractivity contribution < 1.29 is 20.4 Å². The van der Waals surface area contributed by atoms with Crippen LogP contribution >= 0.6 is 0 Å². The summed E-state index contributed by atoms with van der Waals surface area (Å²) in [5, 5.41) is 38.6. The molecule has 2 aromatic carbocycles. The van der Waals surface area contributed by atoms with E-state index in [2.05, 4.69) is 0 Å². The van der Waals surface area contributed by atoms with Gasteiger partial charge in [-0.1, -0.05) is 12.1 Å². The molecule has 1 aliphatic carbocycles. The Hall–Kier alpha value is -2.20. The highest BCUT2D eigenvalue weighted by Gasteiger charge is 2.33. The van der Waals surface area contributed by atoms with E-state index in [0.717, 1.165) is 16.7 Å². The van der Waals surface area contributed by atoms with Crippen molar-refractivity contribution in [2.75, 3.05) is 0 Å². The molecule has 4 N–H and O–H groups in total. The Balaban J connectivity index is 2.09. The predicted molar refractivity (Wildman–Crippen MR) is 69.4 cm³/mol. The number of fused-ring (bicyclic) bond motifs is 1. The van der Waals surface area contributed by atoms with Crippen LogP contribution in [0.25, 0.3) is 0 Å². The molecule has 3 rings (SSSR count). The quantitative estimate of drug-likeness (QED) is 0.588. The van der Waals surface area contributed by atoms with Gasteiger partial charge in [0, 0.05) is 5.92 Å². The highest BCUT2D eigenvalue weighted by atomic mass is 16.3. The van der Waals surface area contributed by atoms with E-state index in [1.807, 2.05) is 0 Å². The highest BCUT2D eigenvalue weighted by molar-refractivity contribution is 5.53. The number of rotatable bonds is 1. The maximum Gasteiger partial charge on any atom is 0.157 e. The number of aliphatic hydroxyl groups is 1. The number of benzene rings is 2. The molecule has 0 aromatic heterocycles. The van der Waals surface area contributed by atoms with Crippen LogP contribution in [0.5, 0.6) is 17.2 Å². The van der Waals surface area contributed by atoms with Gasteiger partial charge in [-0.3, -0.25) is 0 Å². The van der Waals surface area contributed by atoms with E-state index >= 15 is 0 Å². The smallest absolute Gasteiger partial charge is 0.157 e. The van der Waals surface area contributed by atoms with Crippen molar-refractivity contribution in [1.29, 1.82) is 0 Å². The van der Waals surface area contributed by atoms with Gasteiger partial charge >= 0.3 is 0 Å². The fraction of sp³-hybridized carbons (Fsp3) is 0.200. The summed E-state index contributed by atoms with van der Waals surface area (Å²) in [6.45, 7) is 0. The molecule has 2 aromatic rings. The average molecular weight is 258 g/mol. The van der Waals surface area contributed by atoms with Crippen LogP contribution < -0.4 is 0 Å². The summed E-state index contributed by atoms with van der Waals surface area (Å²) < 4.78 is 0. The molecule has 0 bridgehead atoms. The molecule has 0 amide bonds. The standard InChI is InChI=1S/C15H14O4/c16-10-3-1-8(2-4-10)15-11-7-13(18)12(17)5-9(11)6-14(15)19/h1-5,7,14-19H,6H2. The van der Waals surface area contributed by atoms with Crippen LogP contribution in [0, 0.1) is 0 Å². The van der Waals surface area contributed by atoms with Crippen molar-refractivity contribution in [2.24, 2.45) is 0 Å². The van der Waals surface area contributed by atoms with Gasteiger partial charge in [-0.05, 0) is 47.4 Å². The third-order valence-corrected chi connectivity index (χ3v) is 3.64. The van der Waals surface area contributed by atoms with Crippen molar-refractivity contribution in [1.82, 2.24) is 0 Å². The molecule has 0 saturated heterocycles. The fourth-order valence-electron chi connectivity index (χ4n) is 2.74. The second-order valence-electron chi connectivity index (χ2n) is 4.88. The molecule has 2 unspecified atom stereocenters. The van der Waals surface area contributed by atoms with Crippen LogP contribution in [0.3, 0.4) is 0 Å². The monoisotopic (exact) mass is 258 g/mol. The van der Waals surface area contributed by atoms with Crippen molar-refractivity contribution in [3.63, 3.8) is 0 Å². The van der Waals surface area contributed by atoms with E-state index in [1.165, 1.54) is 12.1 Å². The third-order valence-electron chi connectivity index (χ3n) is 3.64. The molecule has 4 heteroatoms. The van der Waals surface area contributed by atoms with Gasteiger partial charge in [0.2, 0.25) is 0 Å². The van der Waals surface area contributed by atoms with Gasteiger partial charge in [-0.15, -0.1) is 0 Å². The lowest BCUT2D eigenvalue weighted by Crippen LogP contribution is -2.14. The summed E-state index contributed by atoms with van der Waals surface area (Å²) in [5.74, 6) is -0.430. The van der Waals surface area contributed by atoms with Crippen molar-refractivity contribution in [3.8, 4) is 17.2 Å². The molecule has 1 aliphatic rings. The van der Waals surface area contributed by atoms with Crippen LogP contribution in [0.4, 0.5) is 0 Å². The maximum absolute atomic E-state index is 10.2. The minimum atomic E-state index is -0.597. The largest absolute Gasteiger partial charge is 0.508 e. The first-order valence-electron chi connectivity index (χ1n) is 6.08. The van der Waals surface area contributed by atoms with E-state index < -0.39 is 6.10 Å². The number of aromatic hydroxyl groups is 3. The van der Waals surface area contributed by atoms with E-state index in [0.29, 0.717) is 6.42 Å². The molecule has 98 valence electrons. The Bertz CT molecular complexity index is 619. The van der Waals surface area contributed by atoms with Gasteiger partial charge in [-0.25, -0.2) is 0 Å². The summed E-state index contributed by atoms with van der Waals surface area (Å²) in [6.07, 6.45) is -0.157. The molecular weight excluding hydrogens is 244 g/mol. The maximum atomic E-state index is 10.2. The summed E-state index contributed by atoms with van der Waals surface area (Å²) in [4.78, 5) is 0. The average Bonchev–Trinajstić information content (AvgIpc) is 2.67. The SMILES string of the molecule is Oc1ccc(C2c3cc(O)c(O)cc3CC2O)cc1. The fourth-order valence-corrected chi connectivity index (χ4v) is 2.74. The molecular formula is C15H14O4. The number of phenols is 3. The Morgan fingerprint density at radius 3 is 2.21 bits per heavy atom. The highest BCUT2D eigenvalue weighted by Crippen LogP contribution is 2.43. The zero-order valence-electron chi connectivity index (χ0n) is 10.1. The zero-order chi connectivity index (χ0) is 13.6. The molecule has 2 atom stereocenters. The van der Waals surface area contributed by atoms with E-state index in [9.17, 15) is 20.4 Å². The zero-order valence-corrected chi connectivity index (χ0v) is 10.1. The molecule has 0 heterocycles. The van der Waals surface area contributed by atoms with Crippen molar-refractivity contribution in [2.45, 2.75) is 18.4 Å². The Labute approximate surface area is 110 Å². The summed E-state index contributed by atoms with van der Waals surface area (Å²) in [7, 11) is 0. The second-order valence-corrected chi connectivity index (χ2v) is 4.88. The predicted octanol–water partition coefficient (Wildman–Crippen LogP) is 1.85. The van der Waals surface area contributed by atoms with Gasteiger partial charge in [0.25, 0.3) is 0 Å². The molecule has 0 radical (unpaired) electrons. The van der Waals surface area contributed by atoms with Gasteiger partial charge in [-0.2, -0.15) is 0 Å². The Kier molecular flexibility index (Phi) is 2.61. The van der Waals surface area contributed by atoms with Crippen molar-refractivity contribution >= 4 is 0 Å². The minimum Gasteiger partial charge on any atom is -0.508 e. The van der Waals surface area contributed by atoms with Gasteiger partial charge < -0.3 is 20.4 Å². The molecule has 0 fully saturated rings. The van der Waals surface area contributed by atoms with Crippen LogP contribution in [0.15, 0.2) is 36.4 Å². The van der Waals surface area contributed by atoms with E-state index in [-0.39, 0.29) is 23.2 Å². The number of hydrogen-bond donors (Lipinski definition) is 4. The second kappa shape index (κ2) is 4.17. The van der Waals surface area contributed by atoms with Crippen LogP contribution in [-0.4, -0.2) is 26.5 Å². The number of aliphatic hydroxyl groups excluding tert-OH is 1. The number of phenolic OH excluding ortho intramolecular Hbond substituents is 3. The topological polar surface area (TPSA) is 80.9 Å². The van der Waals surface area contributed by atoms with Crippen molar-refractivity contribution in [3.05, 3.63) is 53.1 Å². The first-order valence-corrected chi connectivity index (χ1v) is 6.08. The summed E-state index contributed by atoms with van der Waals surface area (Å²) in [6, 6.07) is 9.64. The van der Waals surface area contributed by atoms with E-state index in [4.69, 9.17) is 0 Å². The summed E-state index contributed by atoms with van der Waals surface area (Å²) in [5.41, 5.74) is 2.52. The molecule has 19 heavy (non-hydrogen) atoms. The Morgan fingerprint density at radius 2 is 1.53 bits per heavy atom. The number of hydrogen-bond acceptors (Lipinski definition) is 4. The lowest BCUT2D eigenvalue weighted by atomic mass is 9.91. The van der Waals surface area contributed by atoms with Gasteiger partial charge in [0.1, 0.15) is 5.75 Å². The molecule has 0 saturated carbocycles. The summed E-state index contributed by atoms with van der Waals surface area (Å²) >= 11 is 0. The minimum absolute atomic E-state index is 0.169. The molecule has 0 spiro atoms. The van der Waals surface area contributed by atoms with Crippen LogP contribution in [0.2, 0.25) is 0 Å². The third kappa shape index (κ3) is 1.90. The lowest BCUT2D eigenvalue weighted by Gasteiger charge is -2.16. The molecule has 0 aliphatic heterocycles. The normalized spacial score (nSPS) is 21.3. The van der Waals surface area contributed by atoms with Gasteiger partial charge in [0.15, 0.2) is 11.5 Å². The Morgan fingerprint density at radius 1 is 0.895 bits per heavy atom. The first-order chi connectivity index (χ1) is 9.06. The molecule has 4 nitrogen and oxygen atoms in total. The first kappa shape index (κ1) is 11.9. The van der Waals surface area contributed by atoms with E-state index in [1.54, 1.807) is 24.3 Å². The van der Waals surface area contributed by atoms with Crippen LogP contribution in [-0.2, 0) is 6.42 Å². The van der Waals surface area contributed by atoms with Gasteiger partial charge in [0.05, 0.1) is 6.10 Å². The van der Waals surface area contributed by atoms with Crippen LogP contribution in [0.1, 0.15) is 22.6 Å².